The Morgan fingerprint density at radius 1 is 1.46 bits per heavy atom. The van der Waals surface area contributed by atoms with Crippen LogP contribution >= 0.6 is 0 Å². The topological polar surface area (TPSA) is 45.8 Å². The van der Waals surface area contributed by atoms with E-state index in [-0.39, 0.29) is 5.78 Å². The molecule has 1 heterocycles. The van der Waals surface area contributed by atoms with Gasteiger partial charge in [0.1, 0.15) is 0 Å². The van der Waals surface area contributed by atoms with Crippen LogP contribution in [0.2, 0.25) is 0 Å². The van der Waals surface area contributed by atoms with Crippen LogP contribution in [0.25, 0.3) is 11.0 Å². The van der Waals surface area contributed by atoms with Gasteiger partial charge in [0.15, 0.2) is 5.82 Å². The maximum absolute atomic E-state index is 11.2. The molecule has 0 aliphatic heterocycles. The van der Waals surface area contributed by atoms with Crippen molar-refractivity contribution >= 4 is 16.8 Å². The zero-order valence-electron chi connectivity index (χ0n) is 6.95. The van der Waals surface area contributed by atoms with Crippen molar-refractivity contribution in [3.63, 3.8) is 0 Å². The van der Waals surface area contributed by atoms with Gasteiger partial charge in [-0.25, -0.2) is 4.98 Å². The summed E-state index contributed by atoms with van der Waals surface area (Å²) in [4.78, 5) is 18.2. The lowest BCUT2D eigenvalue weighted by molar-refractivity contribution is 0.103. The molecule has 1 aromatic carbocycles. The number of hydrogen-bond donors (Lipinski definition) is 1. The van der Waals surface area contributed by atoms with Gasteiger partial charge in [0, 0.05) is 0 Å². The third-order valence-corrected chi connectivity index (χ3v) is 1.81. The van der Waals surface area contributed by atoms with Gasteiger partial charge in [0.25, 0.3) is 0 Å². The smallest absolute Gasteiger partial charge is 0.220 e. The highest BCUT2D eigenvalue weighted by molar-refractivity contribution is 6.03. The van der Waals surface area contributed by atoms with Crippen LogP contribution in [0, 0.1) is 0 Å². The SMILES string of the molecule is C=CC(=O)c1nc2ccccc2[nH]1. The number of ketones is 1. The van der Waals surface area contributed by atoms with Gasteiger partial charge in [-0.3, -0.25) is 4.79 Å². The maximum Gasteiger partial charge on any atom is 0.220 e. The van der Waals surface area contributed by atoms with Crippen LogP contribution in [-0.4, -0.2) is 15.8 Å². The zero-order chi connectivity index (χ0) is 9.26. The first-order valence-corrected chi connectivity index (χ1v) is 3.93. The molecule has 0 amide bonds. The van der Waals surface area contributed by atoms with Gasteiger partial charge in [-0.15, -0.1) is 0 Å². The van der Waals surface area contributed by atoms with Gasteiger partial charge in [0.05, 0.1) is 11.0 Å². The molecule has 0 aliphatic rings. The number of fused-ring (bicyclic) bond motifs is 1. The number of rotatable bonds is 2. The minimum Gasteiger partial charge on any atom is -0.335 e. The van der Waals surface area contributed by atoms with E-state index in [2.05, 4.69) is 16.5 Å². The zero-order valence-corrected chi connectivity index (χ0v) is 6.95. The molecule has 0 unspecified atom stereocenters. The van der Waals surface area contributed by atoms with E-state index in [9.17, 15) is 4.79 Å². The molecule has 0 fully saturated rings. The van der Waals surface area contributed by atoms with Crippen LogP contribution in [0.4, 0.5) is 0 Å². The molecule has 0 saturated heterocycles. The van der Waals surface area contributed by atoms with Gasteiger partial charge < -0.3 is 4.98 Å². The van der Waals surface area contributed by atoms with Crippen LogP contribution in [0.5, 0.6) is 0 Å². The predicted molar refractivity (Wildman–Crippen MR) is 50.6 cm³/mol. The molecule has 0 saturated carbocycles. The lowest BCUT2D eigenvalue weighted by Crippen LogP contribution is -1.95. The van der Waals surface area contributed by atoms with Crippen molar-refractivity contribution in [1.82, 2.24) is 9.97 Å². The van der Waals surface area contributed by atoms with Crippen molar-refractivity contribution in [2.24, 2.45) is 0 Å². The summed E-state index contributed by atoms with van der Waals surface area (Å²) in [6, 6.07) is 7.50. The summed E-state index contributed by atoms with van der Waals surface area (Å²) in [5, 5.41) is 0. The monoisotopic (exact) mass is 172 g/mol. The van der Waals surface area contributed by atoms with E-state index >= 15 is 0 Å². The van der Waals surface area contributed by atoms with Crippen LogP contribution in [0.1, 0.15) is 10.6 Å². The van der Waals surface area contributed by atoms with Crippen LogP contribution < -0.4 is 0 Å². The summed E-state index contributed by atoms with van der Waals surface area (Å²) in [6.45, 7) is 3.40. The molecular weight excluding hydrogens is 164 g/mol. The Labute approximate surface area is 75.1 Å². The second kappa shape index (κ2) is 2.86. The number of carbonyl (C=O) groups excluding carboxylic acids is 1. The van der Waals surface area contributed by atoms with E-state index in [0.29, 0.717) is 5.82 Å². The summed E-state index contributed by atoms with van der Waals surface area (Å²) in [5.41, 5.74) is 1.67. The highest BCUT2D eigenvalue weighted by Gasteiger charge is 2.06. The summed E-state index contributed by atoms with van der Waals surface area (Å²) in [5.74, 6) is 0.160. The number of para-hydroxylation sites is 2. The van der Waals surface area contributed by atoms with Gasteiger partial charge in [0.2, 0.25) is 5.78 Å². The Morgan fingerprint density at radius 3 is 2.92 bits per heavy atom. The highest BCUT2D eigenvalue weighted by atomic mass is 16.1. The second-order valence-corrected chi connectivity index (χ2v) is 2.67. The number of H-pyrrole nitrogens is 1. The van der Waals surface area contributed by atoms with E-state index in [4.69, 9.17) is 0 Å². The minimum absolute atomic E-state index is 0.184. The number of allylic oxidation sites excluding steroid dienone is 1. The molecule has 0 radical (unpaired) electrons. The molecule has 0 spiro atoms. The number of carbonyl (C=O) groups is 1. The fraction of sp³-hybridized carbons (Fsp3) is 0. The number of imidazole rings is 1. The largest absolute Gasteiger partial charge is 0.335 e. The van der Waals surface area contributed by atoms with E-state index in [1.54, 1.807) is 0 Å². The summed E-state index contributed by atoms with van der Waals surface area (Å²) < 4.78 is 0. The van der Waals surface area contributed by atoms with Crippen LogP contribution in [-0.2, 0) is 0 Å². The highest BCUT2D eigenvalue weighted by Crippen LogP contribution is 2.10. The number of aromatic amines is 1. The van der Waals surface area contributed by atoms with E-state index in [1.807, 2.05) is 24.3 Å². The lowest BCUT2D eigenvalue weighted by Gasteiger charge is -1.83. The Kier molecular flexibility index (Phi) is 1.70. The first kappa shape index (κ1) is 7.73. The predicted octanol–water partition coefficient (Wildman–Crippen LogP) is 1.93. The van der Waals surface area contributed by atoms with Crippen LogP contribution in [0.3, 0.4) is 0 Å². The Hall–Kier alpha value is -1.90. The van der Waals surface area contributed by atoms with Crippen LogP contribution in [0.15, 0.2) is 36.9 Å². The number of benzene rings is 1. The van der Waals surface area contributed by atoms with Gasteiger partial charge in [-0.2, -0.15) is 0 Å². The van der Waals surface area contributed by atoms with Gasteiger partial charge >= 0.3 is 0 Å². The molecule has 13 heavy (non-hydrogen) atoms. The molecular formula is C10H8N2O. The molecule has 0 bridgehead atoms. The average molecular weight is 172 g/mol. The number of aromatic nitrogens is 2. The maximum atomic E-state index is 11.2. The number of hydrogen-bond acceptors (Lipinski definition) is 2. The molecule has 64 valence electrons. The molecule has 3 heteroatoms. The average Bonchev–Trinajstić information content (AvgIpc) is 2.59. The first-order chi connectivity index (χ1) is 6.31. The van der Waals surface area contributed by atoms with Crippen molar-refractivity contribution in [2.45, 2.75) is 0 Å². The van der Waals surface area contributed by atoms with E-state index in [1.165, 1.54) is 6.08 Å². The Bertz CT molecular complexity index is 437. The minimum atomic E-state index is -0.184. The quantitative estimate of drug-likeness (QED) is 0.555. The summed E-state index contributed by atoms with van der Waals surface area (Å²) >= 11 is 0. The molecule has 1 aromatic heterocycles. The van der Waals surface area contributed by atoms with E-state index in [0.717, 1.165) is 11.0 Å². The number of nitrogens with zero attached hydrogens (tertiary/aromatic N) is 1. The van der Waals surface area contributed by atoms with Gasteiger partial charge in [-0.1, -0.05) is 18.7 Å². The van der Waals surface area contributed by atoms with Gasteiger partial charge in [-0.05, 0) is 18.2 Å². The van der Waals surface area contributed by atoms with Crippen molar-refractivity contribution in [3.05, 3.63) is 42.7 Å². The molecule has 2 aromatic rings. The third-order valence-electron chi connectivity index (χ3n) is 1.81. The number of nitrogens with one attached hydrogen (secondary N) is 1. The lowest BCUT2D eigenvalue weighted by atomic mass is 10.3. The van der Waals surface area contributed by atoms with Crippen molar-refractivity contribution in [3.8, 4) is 0 Å². The summed E-state index contributed by atoms with van der Waals surface area (Å²) in [6.07, 6.45) is 1.25. The summed E-state index contributed by atoms with van der Waals surface area (Å²) in [7, 11) is 0. The standard InChI is InChI=1S/C10H8N2O/c1-2-9(13)10-11-7-5-3-4-6-8(7)12-10/h2-6H,1H2,(H,11,12). The normalized spacial score (nSPS) is 10.2. The molecule has 0 atom stereocenters. The first-order valence-electron chi connectivity index (χ1n) is 3.93. The van der Waals surface area contributed by atoms with Crippen molar-refractivity contribution in [2.75, 3.05) is 0 Å². The molecule has 2 rings (SSSR count). The molecule has 1 N–H and O–H groups in total. The molecule has 3 nitrogen and oxygen atoms in total. The fourth-order valence-electron chi connectivity index (χ4n) is 1.17. The molecule has 0 aliphatic carbocycles. The Balaban J connectivity index is 2.62. The second-order valence-electron chi connectivity index (χ2n) is 2.67. The van der Waals surface area contributed by atoms with Crippen molar-refractivity contribution < 1.29 is 4.79 Å². The Morgan fingerprint density at radius 2 is 2.23 bits per heavy atom. The van der Waals surface area contributed by atoms with Crippen molar-refractivity contribution in [1.29, 1.82) is 0 Å². The third kappa shape index (κ3) is 1.24. The fourth-order valence-corrected chi connectivity index (χ4v) is 1.17. The van der Waals surface area contributed by atoms with E-state index < -0.39 is 0 Å².